The smallest absolute Gasteiger partial charge is 0.0440 e. The van der Waals surface area contributed by atoms with Crippen LogP contribution in [0.15, 0.2) is 36.4 Å². The SMILES string of the molecule is CC.Cc1cccc2c(N(C)C)cccc12. The second-order valence-corrected chi connectivity index (χ2v) is 3.84. The third-order valence-corrected chi connectivity index (χ3v) is 2.60. The standard InChI is InChI=1S/C13H15N.C2H6/c1-10-6-4-8-12-11(10)7-5-9-13(12)14(2)3;1-2/h4-9H,1-3H3;1-2H3. The Morgan fingerprint density at radius 1 is 0.812 bits per heavy atom. The number of aryl methyl sites for hydroxylation is 1. The Morgan fingerprint density at radius 3 is 2.00 bits per heavy atom. The molecule has 0 atom stereocenters. The van der Waals surface area contributed by atoms with Crippen molar-refractivity contribution in [3.63, 3.8) is 0 Å². The summed E-state index contributed by atoms with van der Waals surface area (Å²) in [5.74, 6) is 0. The first-order valence-electron chi connectivity index (χ1n) is 5.86. The second kappa shape index (κ2) is 5.55. The first-order valence-corrected chi connectivity index (χ1v) is 5.86. The van der Waals surface area contributed by atoms with Crippen LogP contribution in [-0.2, 0) is 0 Å². The average Bonchev–Trinajstić information content (AvgIpc) is 2.31. The number of hydrogen-bond acceptors (Lipinski definition) is 1. The van der Waals surface area contributed by atoms with Gasteiger partial charge in [0.1, 0.15) is 0 Å². The maximum Gasteiger partial charge on any atom is 0.0440 e. The Labute approximate surface area is 98.7 Å². The molecule has 0 aliphatic carbocycles. The minimum atomic E-state index is 1.28. The molecule has 0 aromatic heterocycles. The van der Waals surface area contributed by atoms with Gasteiger partial charge in [0.15, 0.2) is 0 Å². The predicted molar refractivity (Wildman–Crippen MR) is 74.4 cm³/mol. The van der Waals surface area contributed by atoms with Crippen molar-refractivity contribution in [1.82, 2.24) is 0 Å². The van der Waals surface area contributed by atoms with Crippen LogP contribution >= 0.6 is 0 Å². The molecule has 1 nitrogen and oxygen atoms in total. The minimum Gasteiger partial charge on any atom is -0.377 e. The van der Waals surface area contributed by atoms with Gasteiger partial charge in [-0.3, -0.25) is 0 Å². The van der Waals surface area contributed by atoms with E-state index in [0.29, 0.717) is 0 Å². The molecule has 0 radical (unpaired) electrons. The van der Waals surface area contributed by atoms with Crippen LogP contribution in [0.3, 0.4) is 0 Å². The van der Waals surface area contributed by atoms with Crippen molar-refractivity contribution < 1.29 is 0 Å². The Hall–Kier alpha value is -1.50. The fourth-order valence-corrected chi connectivity index (χ4v) is 1.84. The van der Waals surface area contributed by atoms with Gasteiger partial charge in [0, 0.05) is 25.2 Å². The van der Waals surface area contributed by atoms with Gasteiger partial charge in [-0.1, -0.05) is 44.2 Å². The first kappa shape index (κ1) is 12.6. The van der Waals surface area contributed by atoms with Crippen LogP contribution < -0.4 is 4.90 Å². The number of fused-ring (bicyclic) bond motifs is 1. The molecule has 0 fully saturated rings. The highest BCUT2D eigenvalue weighted by molar-refractivity contribution is 5.96. The van der Waals surface area contributed by atoms with Crippen molar-refractivity contribution in [1.29, 1.82) is 0 Å². The van der Waals surface area contributed by atoms with Crippen molar-refractivity contribution in [2.75, 3.05) is 19.0 Å². The normalized spacial score (nSPS) is 9.56. The van der Waals surface area contributed by atoms with E-state index in [9.17, 15) is 0 Å². The lowest BCUT2D eigenvalue weighted by Gasteiger charge is -2.15. The molecular weight excluding hydrogens is 194 g/mol. The highest BCUT2D eigenvalue weighted by Gasteiger charge is 2.02. The van der Waals surface area contributed by atoms with Crippen LogP contribution in [0.25, 0.3) is 10.8 Å². The summed E-state index contributed by atoms with van der Waals surface area (Å²) in [4.78, 5) is 2.15. The summed E-state index contributed by atoms with van der Waals surface area (Å²) in [5.41, 5.74) is 2.62. The Balaban J connectivity index is 0.000000606. The van der Waals surface area contributed by atoms with E-state index in [4.69, 9.17) is 0 Å². The molecule has 2 rings (SSSR count). The monoisotopic (exact) mass is 215 g/mol. The van der Waals surface area contributed by atoms with Crippen molar-refractivity contribution >= 4 is 16.5 Å². The zero-order valence-electron chi connectivity index (χ0n) is 10.9. The van der Waals surface area contributed by atoms with Crippen molar-refractivity contribution in [2.24, 2.45) is 0 Å². The molecule has 86 valence electrons. The van der Waals surface area contributed by atoms with E-state index in [1.807, 2.05) is 13.8 Å². The van der Waals surface area contributed by atoms with E-state index in [-0.39, 0.29) is 0 Å². The third kappa shape index (κ3) is 2.35. The fraction of sp³-hybridized carbons (Fsp3) is 0.333. The molecule has 0 unspecified atom stereocenters. The van der Waals surface area contributed by atoms with E-state index < -0.39 is 0 Å². The summed E-state index contributed by atoms with van der Waals surface area (Å²) >= 11 is 0. The Morgan fingerprint density at radius 2 is 1.38 bits per heavy atom. The van der Waals surface area contributed by atoms with Gasteiger partial charge in [-0.25, -0.2) is 0 Å². The Bertz CT molecular complexity index is 458. The van der Waals surface area contributed by atoms with E-state index in [1.54, 1.807) is 0 Å². The minimum absolute atomic E-state index is 1.28. The molecule has 0 amide bonds. The van der Waals surface area contributed by atoms with Crippen molar-refractivity contribution in [3.05, 3.63) is 42.0 Å². The van der Waals surface area contributed by atoms with Crippen molar-refractivity contribution in [3.8, 4) is 0 Å². The topological polar surface area (TPSA) is 3.24 Å². The van der Waals surface area contributed by atoms with Crippen LogP contribution in [0.2, 0.25) is 0 Å². The van der Waals surface area contributed by atoms with E-state index in [1.165, 1.54) is 22.0 Å². The van der Waals surface area contributed by atoms with Gasteiger partial charge in [0.05, 0.1) is 0 Å². The largest absolute Gasteiger partial charge is 0.377 e. The fourth-order valence-electron chi connectivity index (χ4n) is 1.84. The third-order valence-electron chi connectivity index (χ3n) is 2.60. The lowest BCUT2D eigenvalue weighted by molar-refractivity contribution is 1.14. The highest BCUT2D eigenvalue weighted by atomic mass is 15.1. The molecule has 2 aromatic carbocycles. The molecule has 0 N–H and O–H groups in total. The highest BCUT2D eigenvalue weighted by Crippen LogP contribution is 2.27. The number of rotatable bonds is 1. The van der Waals surface area contributed by atoms with Gasteiger partial charge in [-0.05, 0) is 23.9 Å². The van der Waals surface area contributed by atoms with Gasteiger partial charge < -0.3 is 4.90 Å². The van der Waals surface area contributed by atoms with Gasteiger partial charge in [0.25, 0.3) is 0 Å². The number of nitrogens with zero attached hydrogens (tertiary/aromatic N) is 1. The number of anilines is 1. The van der Waals surface area contributed by atoms with Crippen LogP contribution in [0.1, 0.15) is 19.4 Å². The molecule has 0 heterocycles. The predicted octanol–water partition coefficient (Wildman–Crippen LogP) is 4.24. The lowest BCUT2D eigenvalue weighted by atomic mass is 10.0. The maximum absolute atomic E-state index is 2.18. The average molecular weight is 215 g/mol. The first-order chi connectivity index (χ1) is 7.70. The summed E-state index contributed by atoms with van der Waals surface area (Å²) < 4.78 is 0. The van der Waals surface area contributed by atoms with Gasteiger partial charge in [-0.15, -0.1) is 0 Å². The molecule has 2 aromatic rings. The molecule has 0 aliphatic heterocycles. The van der Waals surface area contributed by atoms with Crippen LogP contribution in [0.5, 0.6) is 0 Å². The molecule has 0 spiro atoms. The van der Waals surface area contributed by atoms with Crippen LogP contribution in [0.4, 0.5) is 5.69 Å². The molecule has 0 bridgehead atoms. The quantitative estimate of drug-likeness (QED) is 0.687. The van der Waals surface area contributed by atoms with Crippen LogP contribution in [0, 0.1) is 6.92 Å². The van der Waals surface area contributed by atoms with Gasteiger partial charge in [0.2, 0.25) is 0 Å². The summed E-state index contributed by atoms with van der Waals surface area (Å²) in [6.07, 6.45) is 0. The molecule has 16 heavy (non-hydrogen) atoms. The summed E-state index contributed by atoms with van der Waals surface area (Å²) in [6.45, 7) is 6.15. The zero-order chi connectivity index (χ0) is 12.1. The molecule has 0 saturated heterocycles. The summed E-state index contributed by atoms with van der Waals surface area (Å²) in [6, 6.07) is 12.9. The molecular formula is C15H21N. The second-order valence-electron chi connectivity index (χ2n) is 3.84. The summed E-state index contributed by atoms with van der Waals surface area (Å²) in [5, 5.41) is 2.68. The molecule has 0 aliphatic rings. The number of benzene rings is 2. The number of hydrogen-bond donors (Lipinski definition) is 0. The van der Waals surface area contributed by atoms with Crippen LogP contribution in [-0.4, -0.2) is 14.1 Å². The van der Waals surface area contributed by atoms with Gasteiger partial charge >= 0.3 is 0 Å². The van der Waals surface area contributed by atoms with Gasteiger partial charge in [-0.2, -0.15) is 0 Å². The zero-order valence-corrected chi connectivity index (χ0v) is 10.9. The van der Waals surface area contributed by atoms with Crippen molar-refractivity contribution in [2.45, 2.75) is 20.8 Å². The Kier molecular flexibility index (Phi) is 4.36. The van der Waals surface area contributed by atoms with E-state index >= 15 is 0 Å². The lowest BCUT2D eigenvalue weighted by Crippen LogP contribution is -2.08. The maximum atomic E-state index is 2.18. The van der Waals surface area contributed by atoms with E-state index in [0.717, 1.165) is 0 Å². The molecule has 0 saturated carbocycles. The molecule has 1 heteroatoms. The van der Waals surface area contributed by atoms with E-state index in [2.05, 4.69) is 62.3 Å². The summed E-state index contributed by atoms with van der Waals surface area (Å²) in [7, 11) is 4.16.